The van der Waals surface area contributed by atoms with Crippen molar-refractivity contribution in [2.45, 2.75) is 6.92 Å². The first-order valence-electron chi connectivity index (χ1n) is 6.11. The Morgan fingerprint density at radius 1 is 1.10 bits per heavy atom. The number of hydrogen-bond acceptors (Lipinski definition) is 4. The van der Waals surface area contributed by atoms with Crippen LogP contribution in [0.4, 0.5) is 0 Å². The minimum atomic E-state index is 0.372. The first kappa shape index (κ1) is 12.8. The van der Waals surface area contributed by atoms with Crippen LogP contribution in [0.3, 0.4) is 0 Å². The lowest BCUT2D eigenvalue weighted by Crippen LogP contribution is -1.95. The van der Waals surface area contributed by atoms with E-state index in [2.05, 4.69) is 15.2 Å². The molecule has 0 atom stereocenters. The van der Waals surface area contributed by atoms with Gasteiger partial charge < -0.3 is 4.74 Å². The van der Waals surface area contributed by atoms with Gasteiger partial charge in [0, 0.05) is 28.7 Å². The van der Waals surface area contributed by atoms with Gasteiger partial charge in [0.05, 0.1) is 7.11 Å². The van der Waals surface area contributed by atoms with Crippen LogP contribution < -0.4 is 4.74 Å². The zero-order valence-electron chi connectivity index (χ0n) is 11.1. The van der Waals surface area contributed by atoms with Crippen molar-refractivity contribution in [3.8, 4) is 17.0 Å². The van der Waals surface area contributed by atoms with Crippen molar-refractivity contribution in [2.75, 3.05) is 7.11 Å². The molecule has 3 rings (SSSR count). The van der Waals surface area contributed by atoms with Crippen molar-refractivity contribution in [2.24, 2.45) is 0 Å². The van der Waals surface area contributed by atoms with Crippen LogP contribution in [0.15, 0.2) is 36.7 Å². The van der Waals surface area contributed by atoms with E-state index < -0.39 is 0 Å². The minimum Gasteiger partial charge on any atom is -0.496 e. The molecule has 100 valence electrons. The van der Waals surface area contributed by atoms with Crippen LogP contribution in [-0.2, 0) is 0 Å². The largest absolute Gasteiger partial charge is 0.496 e. The summed E-state index contributed by atoms with van der Waals surface area (Å²) in [5.74, 6) is 0.756. The van der Waals surface area contributed by atoms with Crippen LogP contribution in [-0.4, -0.2) is 22.3 Å². The quantitative estimate of drug-likeness (QED) is 0.721. The number of rotatable bonds is 2. The number of aryl methyl sites for hydroxylation is 1. The van der Waals surface area contributed by atoms with Crippen LogP contribution in [0.2, 0.25) is 5.15 Å². The number of ether oxygens (including phenoxy) is 1. The second-order valence-electron chi connectivity index (χ2n) is 4.46. The highest BCUT2D eigenvalue weighted by molar-refractivity contribution is 6.34. The standard InChI is InChI=1S/C15H12ClN3O/c1-9-3-4-11(13(7-9)20-2)14-12-8-17-6-5-10(12)15(16)19-18-14/h3-8H,1-2H3. The number of methoxy groups -OCH3 is 1. The number of aromatic nitrogens is 3. The monoisotopic (exact) mass is 285 g/mol. The fraction of sp³-hybridized carbons (Fsp3) is 0.133. The Morgan fingerprint density at radius 2 is 1.95 bits per heavy atom. The first-order chi connectivity index (χ1) is 9.70. The van der Waals surface area contributed by atoms with Gasteiger partial charge >= 0.3 is 0 Å². The zero-order chi connectivity index (χ0) is 14.1. The summed E-state index contributed by atoms with van der Waals surface area (Å²) in [5.41, 5.74) is 2.71. The van der Waals surface area contributed by atoms with Crippen LogP contribution in [0, 0.1) is 6.92 Å². The Hall–Kier alpha value is -2.20. The summed E-state index contributed by atoms with van der Waals surface area (Å²) in [6, 6.07) is 7.78. The SMILES string of the molecule is COc1cc(C)ccc1-c1nnc(Cl)c2ccncc12. The van der Waals surface area contributed by atoms with E-state index >= 15 is 0 Å². The summed E-state index contributed by atoms with van der Waals surface area (Å²) in [6.45, 7) is 2.01. The summed E-state index contributed by atoms with van der Waals surface area (Å²) >= 11 is 6.08. The number of fused-ring (bicyclic) bond motifs is 1. The molecule has 0 spiro atoms. The second kappa shape index (κ2) is 5.06. The number of nitrogens with zero attached hydrogens (tertiary/aromatic N) is 3. The van der Waals surface area contributed by atoms with Gasteiger partial charge in [-0.3, -0.25) is 4.98 Å². The highest BCUT2D eigenvalue weighted by atomic mass is 35.5. The normalized spacial score (nSPS) is 10.8. The van der Waals surface area contributed by atoms with E-state index in [4.69, 9.17) is 16.3 Å². The van der Waals surface area contributed by atoms with Gasteiger partial charge in [-0.05, 0) is 30.7 Å². The Bertz CT molecular complexity index is 789. The molecule has 3 aromatic rings. The molecule has 2 heterocycles. The van der Waals surface area contributed by atoms with Gasteiger partial charge in [-0.2, -0.15) is 0 Å². The van der Waals surface area contributed by atoms with E-state index in [9.17, 15) is 0 Å². The van der Waals surface area contributed by atoms with Gasteiger partial charge in [0.2, 0.25) is 0 Å². The molecular formula is C15H12ClN3O. The van der Waals surface area contributed by atoms with Gasteiger partial charge in [-0.1, -0.05) is 17.7 Å². The topological polar surface area (TPSA) is 47.9 Å². The summed E-state index contributed by atoms with van der Waals surface area (Å²) in [5, 5.41) is 10.3. The van der Waals surface area contributed by atoms with Crippen molar-refractivity contribution in [3.63, 3.8) is 0 Å². The molecule has 0 saturated heterocycles. The molecule has 0 saturated carbocycles. The lowest BCUT2D eigenvalue weighted by molar-refractivity contribution is 0.416. The Morgan fingerprint density at radius 3 is 2.75 bits per heavy atom. The molecule has 5 heteroatoms. The Labute approximate surface area is 121 Å². The first-order valence-corrected chi connectivity index (χ1v) is 6.49. The predicted molar refractivity (Wildman–Crippen MR) is 79.1 cm³/mol. The maximum Gasteiger partial charge on any atom is 0.159 e. The third kappa shape index (κ3) is 2.08. The summed E-state index contributed by atoms with van der Waals surface area (Å²) in [7, 11) is 1.64. The third-order valence-electron chi connectivity index (χ3n) is 3.15. The van der Waals surface area contributed by atoms with E-state index in [1.165, 1.54) is 0 Å². The molecular weight excluding hydrogens is 274 g/mol. The third-order valence-corrected chi connectivity index (χ3v) is 3.43. The molecule has 0 aliphatic heterocycles. The minimum absolute atomic E-state index is 0.372. The summed E-state index contributed by atoms with van der Waals surface area (Å²) < 4.78 is 5.44. The van der Waals surface area contributed by atoms with Crippen molar-refractivity contribution in [1.82, 2.24) is 15.2 Å². The number of pyridine rings is 1. The molecule has 1 aromatic carbocycles. The maximum absolute atomic E-state index is 6.08. The summed E-state index contributed by atoms with van der Waals surface area (Å²) in [4.78, 5) is 4.15. The second-order valence-corrected chi connectivity index (χ2v) is 4.82. The molecule has 0 unspecified atom stereocenters. The predicted octanol–water partition coefficient (Wildman–Crippen LogP) is 3.66. The fourth-order valence-corrected chi connectivity index (χ4v) is 2.36. The van der Waals surface area contributed by atoms with Crippen molar-refractivity contribution >= 4 is 22.4 Å². The zero-order valence-corrected chi connectivity index (χ0v) is 11.8. The van der Waals surface area contributed by atoms with E-state index in [0.29, 0.717) is 10.8 Å². The molecule has 0 aliphatic rings. The summed E-state index contributed by atoms with van der Waals surface area (Å²) in [6.07, 6.45) is 3.43. The lowest BCUT2D eigenvalue weighted by atomic mass is 10.0. The Balaban J connectivity index is 2.33. The van der Waals surface area contributed by atoms with Gasteiger partial charge in [0.1, 0.15) is 11.4 Å². The molecule has 4 nitrogen and oxygen atoms in total. The van der Waals surface area contributed by atoms with Crippen LogP contribution in [0.25, 0.3) is 22.0 Å². The number of benzene rings is 1. The molecule has 0 amide bonds. The Kier molecular flexibility index (Phi) is 3.24. The fourth-order valence-electron chi connectivity index (χ4n) is 2.16. The molecule has 20 heavy (non-hydrogen) atoms. The molecule has 0 radical (unpaired) electrons. The number of hydrogen-bond donors (Lipinski definition) is 0. The van der Waals surface area contributed by atoms with E-state index in [1.807, 2.05) is 31.2 Å². The van der Waals surface area contributed by atoms with Gasteiger partial charge in [-0.25, -0.2) is 0 Å². The van der Waals surface area contributed by atoms with Gasteiger partial charge in [0.25, 0.3) is 0 Å². The highest BCUT2D eigenvalue weighted by Crippen LogP contribution is 2.34. The smallest absolute Gasteiger partial charge is 0.159 e. The molecule has 0 bridgehead atoms. The highest BCUT2D eigenvalue weighted by Gasteiger charge is 2.14. The van der Waals surface area contributed by atoms with Gasteiger partial charge in [0.15, 0.2) is 5.15 Å². The maximum atomic E-state index is 6.08. The van der Waals surface area contributed by atoms with Gasteiger partial charge in [-0.15, -0.1) is 10.2 Å². The van der Waals surface area contributed by atoms with Crippen LogP contribution in [0.1, 0.15) is 5.56 Å². The van der Waals surface area contributed by atoms with Crippen LogP contribution >= 0.6 is 11.6 Å². The average molecular weight is 286 g/mol. The van der Waals surface area contributed by atoms with Crippen molar-refractivity contribution < 1.29 is 4.74 Å². The van der Waals surface area contributed by atoms with E-state index in [-0.39, 0.29) is 0 Å². The molecule has 0 N–H and O–H groups in total. The molecule has 2 aromatic heterocycles. The van der Waals surface area contributed by atoms with Crippen molar-refractivity contribution in [3.05, 3.63) is 47.4 Å². The lowest BCUT2D eigenvalue weighted by Gasteiger charge is -2.10. The van der Waals surface area contributed by atoms with E-state index in [0.717, 1.165) is 27.6 Å². The molecule has 0 fully saturated rings. The van der Waals surface area contributed by atoms with Crippen LogP contribution in [0.5, 0.6) is 5.75 Å². The molecule has 0 aliphatic carbocycles. The number of halogens is 1. The van der Waals surface area contributed by atoms with Crippen molar-refractivity contribution in [1.29, 1.82) is 0 Å². The average Bonchev–Trinajstić information content (AvgIpc) is 2.48. The van der Waals surface area contributed by atoms with E-state index in [1.54, 1.807) is 19.5 Å².